The van der Waals surface area contributed by atoms with E-state index in [1.54, 1.807) is 34.7 Å². The van der Waals surface area contributed by atoms with Gasteiger partial charge in [0.1, 0.15) is 5.78 Å². The van der Waals surface area contributed by atoms with Crippen molar-refractivity contribution in [2.24, 2.45) is 82.9 Å². The molecule has 0 aromatic heterocycles. The standard InChI is InChI=1S/C9H18O2.C8H18NO.C8H14O2.2C8H16.C7H17NO.C7H14O.C7H14S/c1-7(2)9(8(3)4)10-5-6-11-9;1-6(2)8(7(3)4)9(5)10;1-5(2)7(9)8(10)6(3)4;2*1-6(2)8(5)7(3)4;1-6(2)8(5)9-7(3)4;2*1-5(2)7(8)6(3)4/h7-8H,5-6H2,1-4H3;6-7,10H,1-5H3;5-6H,1-4H3;2*6-7H,5H2,1-4H3;6-7H,1-5H3;2*5-6H,1-4H3/q;+1;;;;;;. The van der Waals surface area contributed by atoms with Crippen molar-refractivity contribution in [3.63, 3.8) is 0 Å². The highest BCUT2D eigenvalue weighted by Gasteiger charge is 2.42. The molecule has 1 fully saturated rings. The summed E-state index contributed by atoms with van der Waals surface area (Å²) < 4.78 is 12.5. The van der Waals surface area contributed by atoms with Crippen LogP contribution < -0.4 is 0 Å². The highest BCUT2D eigenvalue weighted by molar-refractivity contribution is 7.80. The van der Waals surface area contributed by atoms with E-state index < -0.39 is 0 Å². The van der Waals surface area contributed by atoms with Gasteiger partial charge in [-0.15, -0.1) is 0 Å². The summed E-state index contributed by atoms with van der Waals surface area (Å²) in [5.41, 5.74) is 3.79. The monoisotopic (exact) mass is 1040 g/mol. The van der Waals surface area contributed by atoms with Crippen LogP contribution in [0, 0.1) is 82.9 Å². The fourth-order valence-electron chi connectivity index (χ4n) is 6.88. The number of nitrogens with zero attached hydrogens (tertiary/aromatic N) is 2. The maximum absolute atomic E-state index is 10.9. The predicted molar refractivity (Wildman–Crippen MR) is 320 cm³/mol. The molecule has 1 aliphatic heterocycles. The molecule has 9 nitrogen and oxygen atoms in total. The first-order valence-electron chi connectivity index (χ1n) is 27.8. The van der Waals surface area contributed by atoms with Crippen LogP contribution in [0.4, 0.5) is 0 Å². The first kappa shape index (κ1) is 83.9. The quantitative estimate of drug-likeness (QED) is 0.0273. The van der Waals surface area contributed by atoms with Crippen molar-refractivity contribution < 1.29 is 38.6 Å². The van der Waals surface area contributed by atoms with E-state index in [4.69, 9.17) is 31.7 Å². The molecule has 1 aliphatic rings. The molecule has 1 rings (SSSR count). The molecule has 432 valence electrons. The number of thiocarbonyl (C=S) groups is 1. The van der Waals surface area contributed by atoms with Crippen LogP contribution in [0.25, 0.3) is 0 Å². The lowest BCUT2D eigenvalue weighted by molar-refractivity contribution is -0.757. The smallest absolute Gasteiger partial charge is 0.208 e. The van der Waals surface area contributed by atoms with Crippen molar-refractivity contribution in [3.05, 3.63) is 24.3 Å². The Morgan fingerprint density at radius 2 is 0.750 bits per heavy atom. The minimum Gasteiger partial charge on any atom is -0.347 e. The summed E-state index contributed by atoms with van der Waals surface area (Å²) in [6.07, 6.45) is 0.289. The van der Waals surface area contributed by atoms with E-state index in [9.17, 15) is 14.4 Å². The molecule has 72 heavy (non-hydrogen) atoms. The van der Waals surface area contributed by atoms with Gasteiger partial charge in [-0.3, -0.25) is 24.4 Å². The van der Waals surface area contributed by atoms with E-state index in [0.717, 1.165) is 18.9 Å². The molecule has 1 saturated heterocycles. The van der Waals surface area contributed by atoms with Gasteiger partial charge < -0.3 is 9.47 Å². The molecule has 0 radical (unpaired) electrons. The largest absolute Gasteiger partial charge is 0.347 e. The number of hydrogen-bond donors (Lipinski definition) is 1. The van der Waals surface area contributed by atoms with Gasteiger partial charge in [0, 0.05) is 60.4 Å². The molecular weight excluding hydrogens is 917 g/mol. The summed E-state index contributed by atoms with van der Waals surface area (Å²) in [4.78, 5) is 39.2. The van der Waals surface area contributed by atoms with E-state index >= 15 is 0 Å². The van der Waals surface area contributed by atoms with E-state index in [1.165, 1.54) is 20.7 Å². The Morgan fingerprint density at radius 3 is 0.806 bits per heavy atom. The molecule has 10 heteroatoms. The number of carbonyl (C=O) groups is 3. The third kappa shape index (κ3) is 44.2. The molecule has 1 heterocycles. The maximum atomic E-state index is 10.9. The zero-order chi connectivity index (χ0) is 59.5. The zero-order valence-corrected chi connectivity index (χ0v) is 55.1. The molecule has 0 aromatic carbocycles. The van der Waals surface area contributed by atoms with E-state index in [1.807, 2.05) is 53.7 Å². The van der Waals surface area contributed by atoms with E-state index in [-0.39, 0.29) is 47.1 Å². The van der Waals surface area contributed by atoms with Crippen LogP contribution in [0.15, 0.2) is 24.3 Å². The average Bonchev–Trinajstić information content (AvgIpc) is 3.75. The van der Waals surface area contributed by atoms with Crippen molar-refractivity contribution in [1.82, 2.24) is 5.06 Å². The normalized spacial score (nSPS) is 12.8. The van der Waals surface area contributed by atoms with Crippen LogP contribution in [0.3, 0.4) is 0 Å². The van der Waals surface area contributed by atoms with Gasteiger partial charge in [0.25, 0.3) is 0 Å². The van der Waals surface area contributed by atoms with E-state index in [0.29, 0.717) is 71.0 Å². The fraction of sp³-hybridized carbons (Fsp3) is 0.855. The molecule has 0 bridgehead atoms. The summed E-state index contributed by atoms with van der Waals surface area (Å²) in [7, 11) is 3.62. The predicted octanol–water partition coefficient (Wildman–Crippen LogP) is 17.2. The minimum atomic E-state index is -0.306. The molecule has 0 aliphatic carbocycles. The van der Waals surface area contributed by atoms with Gasteiger partial charge in [-0.25, -0.2) is 0 Å². The molecule has 0 aromatic rings. The van der Waals surface area contributed by atoms with Crippen molar-refractivity contribution >= 4 is 40.1 Å². The van der Waals surface area contributed by atoms with Crippen molar-refractivity contribution in [1.29, 1.82) is 0 Å². The molecule has 1 N–H and O–H groups in total. The van der Waals surface area contributed by atoms with Crippen LogP contribution in [0.5, 0.6) is 0 Å². The van der Waals surface area contributed by atoms with Gasteiger partial charge in [-0.2, -0.15) is 5.06 Å². The topological polar surface area (TPSA) is 105 Å². The lowest BCUT2D eigenvalue weighted by atomic mass is 9.92. The van der Waals surface area contributed by atoms with Crippen LogP contribution in [0.2, 0.25) is 0 Å². The van der Waals surface area contributed by atoms with Crippen molar-refractivity contribution in [3.8, 4) is 0 Å². The Bertz CT molecular complexity index is 1280. The van der Waals surface area contributed by atoms with Gasteiger partial charge in [-0.1, -0.05) is 230 Å². The van der Waals surface area contributed by atoms with Gasteiger partial charge in [0.05, 0.1) is 19.3 Å². The average molecular weight is 1040 g/mol. The number of hydroxylamine groups is 3. The second-order valence-electron chi connectivity index (χ2n) is 24.0. The number of ether oxygens (including phenoxy) is 2. The highest BCUT2D eigenvalue weighted by Crippen LogP contribution is 2.35. The number of hydrogen-bond acceptors (Lipinski definition) is 9. The Balaban J connectivity index is -0.000000135. The third-order valence-corrected chi connectivity index (χ3v) is 12.5. The van der Waals surface area contributed by atoms with Crippen LogP contribution >= 0.6 is 12.2 Å². The summed E-state index contributed by atoms with van der Waals surface area (Å²) in [6.45, 7) is 75.3. The van der Waals surface area contributed by atoms with Crippen LogP contribution in [-0.2, 0) is 28.7 Å². The first-order chi connectivity index (χ1) is 32.3. The molecule has 0 atom stereocenters. The number of carbonyl (C=O) groups excluding carboxylic acids is 3. The SMILES string of the molecule is C=C(C(C)C)C(C)C.C=C(C(C)C)C(C)C.CC(C)C(=O)C(=O)C(C)C.CC(C)C(=O)C(C)C.CC(C)C(=S)C(C)C.CC(C)C(C(C)C)=[N+](C)O.CC(C)C1(C(C)C)OCCO1.CC(C)ON(C)C(C)C. The molecular formula is C62H127N2O7S+. The Kier molecular flexibility index (Phi) is 52.6. The number of Topliss-reactive ketones (excluding diaryl/α,β-unsaturated/α-hetero) is 3. The number of rotatable bonds is 18. The van der Waals surface area contributed by atoms with Gasteiger partial charge >= 0.3 is 0 Å². The first-order valence-corrected chi connectivity index (χ1v) is 28.2. The molecule has 0 saturated carbocycles. The third-order valence-electron chi connectivity index (χ3n) is 11.5. The summed E-state index contributed by atoms with van der Waals surface area (Å²) in [5.74, 6) is 5.09. The summed E-state index contributed by atoms with van der Waals surface area (Å²) in [5, 5.41) is 11.0. The second-order valence-corrected chi connectivity index (χ2v) is 24.5. The molecule has 0 unspecified atom stereocenters. The lowest BCUT2D eigenvalue weighted by Gasteiger charge is -2.35. The maximum Gasteiger partial charge on any atom is 0.208 e. The highest BCUT2D eigenvalue weighted by atomic mass is 32.1. The Morgan fingerprint density at radius 1 is 0.486 bits per heavy atom. The molecule has 0 spiro atoms. The van der Waals surface area contributed by atoms with Crippen LogP contribution in [-0.4, -0.2) is 88.2 Å². The zero-order valence-electron chi connectivity index (χ0n) is 54.3. The van der Waals surface area contributed by atoms with Gasteiger partial charge in [-0.05, 0) is 72.8 Å². The fourth-order valence-corrected chi connectivity index (χ4v) is 6.88. The summed E-state index contributed by atoms with van der Waals surface area (Å²) in [6, 6.07) is 0.465. The van der Waals surface area contributed by atoms with Crippen molar-refractivity contribution in [2.75, 3.05) is 27.3 Å². The minimum absolute atomic E-state index is 0.157. The van der Waals surface area contributed by atoms with Gasteiger partial charge in [0.15, 0.2) is 12.8 Å². The van der Waals surface area contributed by atoms with Crippen LogP contribution in [0.1, 0.15) is 222 Å². The second kappa shape index (κ2) is 45.1. The van der Waals surface area contributed by atoms with Gasteiger partial charge in [0.2, 0.25) is 17.3 Å². The van der Waals surface area contributed by atoms with Crippen molar-refractivity contribution in [2.45, 2.75) is 239 Å². The Labute approximate surface area is 455 Å². The number of allylic oxidation sites excluding steroid dienone is 2. The number of ketones is 3. The molecule has 0 amide bonds. The Hall–Kier alpha value is -2.11. The van der Waals surface area contributed by atoms with E-state index in [2.05, 4.69) is 165 Å². The summed E-state index contributed by atoms with van der Waals surface area (Å²) >= 11 is 5.10. The lowest BCUT2D eigenvalue weighted by Crippen LogP contribution is -2.41.